The number of nitro benzene ring substituents is 1. The van der Waals surface area contributed by atoms with E-state index in [4.69, 9.17) is 0 Å². The number of hydrogen-bond acceptors (Lipinski definition) is 4. The standard InChI is InChI=1S/C15H21N3O3/c1-10-9-11(3-8-14(10)18(20)21)15(19)17-13-6-4-12(16-2)5-7-13/h3,8-9,12-13,16H,4-7H2,1-2H3,(H,17,19). The van der Waals surface area contributed by atoms with Crippen LogP contribution in [0.3, 0.4) is 0 Å². The van der Waals surface area contributed by atoms with Crippen molar-refractivity contribution in [3.63, 3.8) is 0 Å². The second-order valence-corrected chi connectivity index (χ2v) is 5.57. The number of carbonyl (C=O) groups excluding carboxylic acids is 1. The van der Waals surface area contributed by atoms with E-state index in [1.807, 2.05) is 7.05 Å². The van der Waals surface area contributed by atoms with Crippen molar-refractivity contribution in [2.45, 2.75) is 44.7 Å². The Labute approximate surface area is 124 Å². The number of nitrogens with one attached hydrogen (secondary N) is 2. The molecule has 0 heterocycles. The molecule has 1 fully saturated rings. The van der Waals surface area contributed by atoms with Crippen LogP contribution >= 0.6 is 0 Å². The molecule has 1 aliphatic rings. The van der Waals surface area contributed by atoms with Gasteiger partial charge in [-0.1, -0.05) is 0 Å². The van der Waals surface area contributed by atoms with Crippen molar-refractivity contribution in [2.75, 3.05) is 7.05 Å². The zero-order valence-corrected chi connectivity index (χ0v) is 12.4. The smallest absolute Gasteiger partial charge is 0.272 e. The third-order valence-electron chi connectivity index (χ3n) is 4.13. The third kappa shape index (κ3) is 3.78. The van der Waals surface area contributed by atoms with E-state index in [1.165, 1.54) is 12.1 Å². The van der Waals surface area contributed by atoms with Crippen LogP contribution in [0, 0.1) is 17.0 Å². The summed E-state index contributed by atoms with van der Waals surface area (Å²) >= 11 is 0. The molecule has 1 aromatic rings. The minimum atomic E-state index is -0.434. The minimum Gasteiger partial charge on any atom is -0.349 e. The first-order valence-electron chi connectivity index (χ1n) is 7.24. The molecule has 1 aromatic carbocycles. The highest BCUT2D eigenvalue weighted by Crippen LogP contribution is 2.21. The lowest BCUT2D eigenvalue weighted by atomic mass is 9.91. The summed E-state index contributed by atoms with van der Waals surface area (Å²) in [5, 5.41) is 17.1. The molecule has 2 rings (SSSR count). The second kappa shape index (κ2) is 6.67. The van der Waals surface area contributed by atoms with Gasteiger partial charge < -0.3 is 10.6 Å². The van der Waals surface area contributed by atoms with Crippen molar-refractivity contribution in [3.8, 4) is 0 Å². The Morgan fingerprint density at radius 2 is 1.86 bits per heavy atom. The first kappa shape index (κ1) is 15.4. The average molecular weight is 291 g/mol. The van der Waals surface area contributed by atoms with Crippen molar-refractivity contribution in [1.82, 2.24) is 10.6 Å². The zero-order chi connectivity index (χ0) is 15.4. The second-order valence-electron chi connectivity index (χ2n) is 5.57. The quantitative estimate of drug-likeness (QED) is 0.657. The van der Waals surface area contributed by atoms with Gasteiger partial charge in [0.1, 0.15) is 0 Å². The summed E-state index contributed by atoms with van der Waals surface area (Å²) < 4.78 is 0. The van der Waals surface area contributed by atoms with Crippen LogP contribution in [-0.4, -0.2) is 30.0 Å². The van der Waals surface area contributed by atoms with Gasteiger partial charge in [0.05, 0.1) is 4.92 Å². The summed E-state index contributed by atoms with van der Waals surface area (Å²) in [6.07, 6.45) is 4.04. The van der Waals surface area contributed by atoms with Gasteiger partial charge in [-0.25, -0.2) is 0 Å². The molecule has 114 valence electrons. The van der Waals surface area contributed by atoms with E-state index >= 15 is 0 Å². The van der Waals surface area contributed by atoms with Crippen LogP contribution in [0.5, 0.6) is 0 Å². The Morgan fingerprint density at radius 3 is 2.38 bits per heavy atom. The molecule has 1 amide bonds. The van der Waals surface area contributed by atoms with E-state index in [-0.39, 0.29) is 17.6 Å². The molecule has 0 bridgehead atoms. The van der Waals surface area contributed by atoms with E-state index in [0.717, 1.165) is 25.7 Å². The third-order valence-corrected chi connectivity index (χ3v) is 4.13. The van der Waals surface area contributed by atoms with Gasteiger partial charge >= 0.3 is 0 Å². The molecule has 0 aromatic heterocycles. The van der Waals surface area contributed by atoms with Crippen LogP contribution < -0.4 is 10.6 Å². The van der Waals surface area contributed by atoms with Gasteiger partial charge in [-0.15, -0.1) is 0 Å². The first-order chi connectivity index (χ1) is 10.0. The van der Waals surface area contributed by atoms with Crippen molar-refractivity contribution < 1.29 is 9.72 Å². The number of nitrogens with zero attached hydrogens (tertiary/aromatic N) is 1. The molecule has 0 spiro atoms. The normalized spacial score (nSPS) is 21.8. The SMILES string of the molecule is CNC1CCC(NC(=O)c2ccc([N+](=O)[O-])c(C)c2)CC1. The van der Waals surface area contributed by atoms with Crippen LogP contribution in [-0.2, 0) is 0 Å². The fraction of sp³-hybridized carbons (Fsp3) is 0.533. The Kier molecular flexibility index (Phi) is 4.90. The summed E-state index contributed by atoms with van der Waals surface area (Å²) in [6.45, 7) is 1.65. The maximum Gasteiger partial charge on any atom is 0.272 e. The maximum absolute atomic E-state index is 12.2. The monoisotopic (exact) mass is 291 g/mol. The van der Waals surface area contributed by atoms with Gasteiger partial charge in [0, 0.05) is 29.3 Å². The van der Waals surface area contributed by atoms with Gasteiger partial charge in [-0.2, -0.15) is 0 Å². The van der Waals surface area contributed by atoms with Gasteiger partial charge in [0.25, 0.3) is 11.6 Å². The number of hydrogen-bond donors (Lipinski definition) is 2. The Hall–Kier alpha value is -1.95. The molecule has 1 saturated carbocycles. The number of rotatable bonds is 4. The summed E-state index contributed by atoms with van der Waals surface area (Å²) in [7, 11) is 1.96. The molecule has 0 saturated heterocycles. The van der Waals surface area contributed by atoms with E-state index in [0.29, 0.717) is 17.2 Å². The van der Waals surface area contributed by atoms with Gasteiger partial charge in [0.15, 0.2) is 0 Å². The Bertz CT molecular complexity index is 537. The van der Waals surface area contributed by atoms with Crippen LogP contribution in [0.25, 0.3) is 0 Å². The fourth-order valence-corrected chi connectivity index (χ4v) is 2.80. The summed E-state index contributed by atoms with van der Waals surface area (Å²) in [6, 6.07) is 5.21. The maximum atomic E-state index is 12.2. The number of amides is 1. The van der Waals surface area contributed by atoms with Crippen molar-refractivity contribution >= 4 is 11.6 Å². The minimum absolute atomic E-state index is 0.0427. The van der Waals surface area contributed by atoms with Gasteiger partial charge in [-0.3, -0.25) is 14.9 Å². The van der Waals surface area contributed by atoms with Crippen LogP contribution in [0.4, 0.5) is 5.69 Å². The zero-order valence-electron chi connectivity index (χ0n) is 12.4. The number of aryl methyl sites for hydroxylation is 1. The highest BCUT2D eigenvalue weighted by atomic mass is 16.6. The molecule has 0 aliphatic heterocycles. The Morgan fingerprint density at radius 1 is 1.24 bits per heavy atom. The number of nitro groups is 1. The molecule has 1 aliphatic carbocycles. The molecule has 0 atom stereocenters. The number of benzene rings is 1. The van der Waals surface area contributed by atoms with Crippen LogP contribution in [0.2, 0.25) is 0 Å². The lowest BCUT2D eigenvalue weighted by Crippen LogP contribution is -2.41. The van der Waals surface area contributed by atoms with Gasteiger partial charge in [0.2, 0.25) is 0 Å². The molecule has 0 unspecified atom stereocenters. The predicted octanol–water partition coefficient (Wildman–Crippen LogP) is 2.16. The molecular weight excluding hydrogens is 270 g/mol. The Balaban J connectivity index is 1.98. The fourth-order valence-electron chi connectivity index (χ4n) is 2.80. The first-order valence-corrected chi connectivity index (χ1v) is 7.24. The molecule has 6 heteroatoms. The molecule has 2 N–H and O–H groups in total. The summed E-state index contributed by atoms with van der Waals surface area (Å²) in [5.41, 5.74) is 1.03. The highest BCUT2D eigenvalue weighted by Gasteiger charge is 2.22. The van der Waals surface area contributed by atoms with Crippen molar-refractivity contribution in [1.29, 1.82) is 0 Å². The lowest BCUT2D eigenvalue weighted by molar-refractivity contribution is -0.385. The van der Waals surface area contributed by atoms with E-state index < -0.39 is 4.92 Å². The van der Waals surface area contributed by atoms with Crippen LogP contribution in [0.15, 0.2) is 18.2 Å². The van der Waals surface area contributed by atoms with Gasteiger partial charge in [-0.05, 0) is 51.8 Å². The van der Waals surface area contributed by atoms with Crippen molar-refractivity contribution in [2.24, 2.45) is 0 Å². The van der Waals surface area contributed by atoms with E-state index in [9.17, 15) is 14.9 Å². The predicted molar refractivity (Wildman–Crippen MR) is 80.4 cm³/mol. The lowest BCUT2D eigenvalue weighted by Gasteiger charge is -2.28. The molecule has 0 radical (unpaired) electrons. The van der Waals surface area contributed by atoms with E-state index in [1.54, 1.807) is 13.0 Å². The molecule has 6 nitrogen and oxygen atoms in total. The van der Waals surface area contributed by atoms with E-state index in [2.05, 4.69) is 10.6 Å². The molecular formula is C15H21N3O3. The van der Waals surface area contributed by atoms with Crippen molar-refractivity contribution in [3.05, 3.63) is 39.4 Å². The topological polar surface area (TPSA) is 84.3 Å². The molecule has 21 heavy (non-hydrogen) atoms. The summed E-state index contributed by atoms with van der Waals surface area (Å²) in [4.78, 5) is 22.5. The summed E-state index contributed by atoms with van der Waals surface area (Å²) in [5.74, 6) is -0.152. The number of carbonyl (C=O) groups is 1. The highest BCUT2D eigenvalue weighted by molar-refractivity contribution is 5.94. The van der Waals surface area contributed by atoms with Crippen LogP contribution in [0.1, 0.15) is 41.6 Å². The average Bonchev–Trinajstić information content (AvgIpc) is 2.47. The largest absolute Gasteiger partial charge is 0.349 e.